The molecule has 1 heterocycles. The van der Waals surface area contributed by atoms with E-state index in [0.29, 0.717) is 51.7 Å². The third-order valence-corrected chi connectivity index (χ3v) is 4.17. The van der Waals surface area contributed by atoms with Crippen LogP contribution in [0.25, 0.3) is 11.4 Å². The lowest BCUT2D eigenvalue weighted by atomic mass is 10.1. The topological polar surface area (TPSA) is 86.5 Å². The maximum atomic E-state index is 12.8. The SMILES string of the molecule is CCCOc1c(Cl)cc(C(=O)Nc2ccccc2-c2noc(C)n2)cc1OC. The molecule has 7 nitrogen and oxygen atoms in total. The summed E-state index contributed by atoms with van der Waals surface area (Å²) in [5.74, 6) is 1.30. The molecule has 0 aliphatic rings. The molecule has 0 fully saturated rings. The minimum absolute atomic E-state index is 0.306. The zero-order chi connectivity index (χ0) is 20.1. The van der Waals surface area contributed by atoms with E-state index >= 15 is 0 Å². The normalized spacial score (nSPS) is 10.6. The van der Waals surface area contributed by atoms with Crippen LogP contribution in [0.5, 0.6) is 11.5 Å². The molecule has 0 radical (unpaired) electrons. The number of rotatable bonds is 7. The highest BCUT2D eigenvalue weighted by Gasteiger charge is 2.18. The number of carbonyl (C=O) groups is 1. The molecule has 146 valence electrons. The van der Waals surface area contributed by atoms with Gasteiger partial charge in [-0.25, -0.2) is 0 Å². The van der Waals surface area contributed by atoms with E-state index in [1.165, 1.54) is 7.11 Å². The molecule has 0 spiro atoms. The molecule has 0 saturated carbocycles. The van der Waals surface area contributed by atoms with Gasteiger partial charge in [-0.2, -0.15) is 4.98 Å². The number of nitrogens with one attached hydrogen (secondary N) is 1. The number of carbonyl (C=O) groups excluding carboxylic acids is 1. The van der Waals surface area contributed by atoms with Gasteiger partial charge in [-0.3, -0.25) is 4.79 Å². The molecule has 8 heteroatoms. The molecule has 0 saturated heterocycles. The molecule has 0 aliphatic heterocycles. The van der Waals surface area contributed by atoms with Crippen LogP contribution in [0, 0.1) is 6.92 Å². The van der Waals surface area contributed by atoms with Crippen LogP contribution in [0.15, 0.2) is 40.9 Å². The lowest BCUT2D eigenvalue weighted by Crippen LogP contribution is -2.13. The number of halogens is 1. The maximum absolute atomic E-state index is 12.8. The molecule has 28 heavy (non-hydrogen) atoms. The molecule has 0 aliphatic carbocycles. The Morgan fingerprint density at radius 1 is 1.29 bits per heavy atom. The Morgan fingerprint density at radius 2 is 2.07 bits per heavy atom. The quantitative estimate of drug-likeness (QED) is 0.614. The highest BCUT2D eigenvalue weighted by Crippen LogP contribution is 2.37. The van der Waals surface area contributed by atoms with Crippen LogP contribution in [-0.4, -0.2) is 29.8 Å². The van der Waals surface area contributed by atoms with E-state index in [0.717, 1.165) is 6.42 Å². The Balaban J connectivity index is 1.89. The van der Waals surface area contributed by atoms with Crippen LogP contribution in [0.4, 0.5) is 5.69 Å². The highest BCUT2D eigenvalue weighted by molar-refractivity contribution is 6.32. The number of amides is 1. The number of ether oxygens (including phenoxy) is 2. The van der Waals surface area contributed by atoms with Crippen molar-refractivity contribution in [1.29, 1.82) is 0 Å². The molecule has 3 aromatic rings. The van der Waals surface area contributed by atoms with Gasteiger partial charge in [0, 0.05) is 18.1 Å². The Kier molecular flexibility index (Phi) is 6.16. The van der Waals surface area contributed by atoms with Gasteiger partial charge in [0.2, 0.25) is 11.7 Å². The standard InChI is InChI=1S/C20H20ClN3O4/c1-4-9-27-18-15(21)10-13(11-17(18)26-3)20(25)23-16-8-6-5-7-14(16)19-22-12(2)28-24-19/h5-8,10-11H,4,9H2,1-3H3,(H,23,25). The third-order valence-electron chi connectivity index (χ3n) is 3.89. The first-order chi connectivity index (χ1) is 13.5. The van der Waals surface area contributed by atoms with Gasteiger partial charge in [-0.15, -0.1) is 0 Å². The molecule has 0 atom stereocenters. The van der Waals surface area contributed by atoms with Crippen LogP contribution in [0.3, 0.4) is 0 Å². The van der Waals surface area contributed by atoms with Gasteiger partial charge < -0.3 is 19.3 Å². The molecule has 2 aromatic carbocycles. The molecule has 3 rings (SSSR count). The number of hydrogen-bond donors (Lipinski definition) is 1. The van der Waals surface area contributed by atoms with Gasteiger partial charge in [0.1, 0.15) is 0 Å². The smallest absolute Gasteiger partial charge is 0.255 e. The van der Waals surface area contributed by atoms with Gasteiger partial charge in [0.05, 0.1) is 24.4 Å². The zero-order valence-electron chi connectivity index (χ0n) is 15.8. The summed E-state index contributed by atoms with van der Waals surface area (Å²) in [5, 5.41) is 7.08. The number of anilines is 1. The Bertz CT molecular complexity index is 987. The van der Waals surface area contributed by atoms with E-state index in [-0.39, 0.29) is 5.91 Å². The van der Waals surface area contributed by atoms with Crippen molar-refractivity contribution < 1.29 is 18.8 Å². The number of benzene rings is 2. The summed E-state index contributed by atoms with van der Waals surface area (Å²) in [6.07, 6.45) is 0.827. The summed E-state index contributed by atoms with van der Waals surface area (Å²) in [4.78, 5) is 17.0. The molecule has 0 bridgehead atoms. The van der Waals surface area contributed by atoms with E-state index in [1.54, 1.807) is 37.3 Å². The van der Waals surface area contributed by atoms with Crippen molar-refractivity contribution in [3.8, 4) is 22.9 Å². The number of para-hydroxylation sites is 1. The predicted octanol–water partition coefficient (Wildman–Crippen LogP) is 4.75. The average molecular weight is 402 g/mol. The number of aryl methyl sites for hydroxylation is 1. The summed E-state index contributed by atoms with van der Waals surface area (Å²) in [7, 11) is 1.50. The van der Waals surface area contributed by atoms with E-state index in [1.807, 2.05) is 13.0 Å². The molecule has 1 aromatic heterocycles. The maximum Gasteiger partial charge on any atom is 0.255 e. The molecule has 1 amide bonds. The number of methoxy groups -OCH3 is 1. The van der Waals surface area contributed by atoms with E-state index < -0.39 is 0 Å². The second-order valence-corrected chi connectivity index (χ2v) is 6.38. The molecule has 1 N–H and O–H groups in total. The van der Waals surface area contributed by atoms with Crippen LogP contribution in [-0.2, 0) is 0 Å². The monoisotopic (exact) mass is 401 g/mol. The summed E-state index contributed by atoms with van der Waals surface area (Å²) in [6.45, 7) is 4.19. The lowest BCUT2D eigenvalue weighted by Gasteiger charge is -2.14. The van der Waals surface area contributed by atoms with Gasteiger partial charge in [-0.1, -0.05) is 35.8 Å². The fraction of sp³-hybridized carbons (Fsp3) is 0.250. The minimum atomic E-state index is -0.352. The fourth-order valence-corrected chi connectivity index (χ4v) is 2.85. The second kappa shape index (κ2) is 8.75. The van der Waals surface area contributed by atoms with Crippen LogP contribution in [0.2, 0.25) is 5.02 Å². The van der Waals surface area contributed by atoms with Crippen molar-refractivity contribution in [3.05, 3.63) is 52.9 Å². The largest absolute Gasteiger partial charge is 0.493 e. The van der Waals surface area contributed by atoms with E-state index in [2.05, 4.69) is 15.5 Å². The van der Waals surface area contributed by atoms with Crippen molar-refractivity contribution in [2.45, 2.75) is 20.3 Å². The molecule has 0 unspecified atom stereocenters. The Hall–Kier alpha value is -3.06. The first kappa shape index (κ1) is 19.7. The number of aromatic nitrogens is 2. The van der Waals surface area contributed by atoms with Gasteiger partial charge in [0.15, 0.2) is 11.5 Å². The number of hydrogen-bond acceptors (Lipinski definition) is 6. The summed E-state index contributed by atoms with van der Waals surface area (Å²) < 4.78 is 16.0. The highest BCUT2D eigenvalue weighted by atomic mass is 35.5. The van der Waals surface area contributed by atoms with Crippen molar-refractivity contribution in [3.63, 3.8) is 0 Å². The van der Waals surface area contributed by atoms with Crippen LogP contribution < -0.4 is 14.8 Å². The first-order valence-corrected chi connectivity index (χ1v) is 9.12. The third kappa shape index (κ3) is 4.26. The minimum Gasteiger partial charge on any atom is -0.493 e. The fourth-order valence-electron chi connectivity index (χ4n) is 2.59. The molecular formula is C20H20ClN3O4. The summed E-state index contributed by atoms with van der Waals surface area (Å²) >= 11 is 6.31. The van der Waals surface area contributed by atoms with Gasteiger partial charge >= 0.3 is 0 Å². The van der Waals surface area contributed by atoms with Gasteiger partial charge in [0.25, 0.3) is 5.91 Å². The van der Waals surface area contributed by atoms with Gasteiger partial charge in [-0.05, 0) is 30.7 Å². The van der Waals surface area contributed by atoms with E-state index in [4.69, 9.17) is 25.6 Å². The second-order valence-electron chi connectivity index (χ2n) is 5.97. The Labute approximate surface area is 167 Å². The summed E-state index contributed by atoms with van der Waals surface area (Å²) in [5.41, 5.74) is 1.54. The van der Waals surface area contributed by atoms with Crippen LogP contribution >= 0.6 is 11.6 Å². The average Bonchev–Trinajstić information content (AvgIpc) is 3.13. The Morgan fingerprint density at radius 3 is 2.75 bits per heavy atom. The van der Waals surface area contributed by atoms with Crippen LogP contribution in [0.1, 0.15) is 29.6 Å². The lowest BCUT2D eigenvalue weighted by molar-refractivity contribution is 0.102. The summed E-state index contributed by atoms with van der Waals surface area (Å²) in [6, 6.07) is 10.3. The van der Waals surface area contributed by atoms with Crippen molar-refractivity contribution in [1.82, 2.24) is 10.1 Å². The number of nitrogens with zero attached hydrogens (tertiary/aromatic N) is 2. The first-order valence-electron chi connectivity index (χ1n) is 8.74. The molecular weight excluding hydrogens is 382 g/mol. The van der Waals surface area contributed by atoms with Crippen molar-refractivity contribution in [2.75, 3.05) is 19.0 Å². The predicted molar refractivity (Wildman–Crippen MR) is 106 cm³/mol. The zero-order valence-corrected chi connectivity index (χ0v) is 16.5. The van der Waals surface area contributed by atoms with Crippen molar-refractivity contribution >= 4 is 23.2 Å². The van der Waals surface area contributed by atoms with Crippen molar-refractivity contribution in [2.24, 2.45) is 0 Å². The van der Waals surface area contributed by atoms with E-state index in [9.17, 15) is 4.79 Å².